The van der Waals surface area contributed by atoms with Crippen LogP contribution in [-0.4, -0.2) is 6.54 Å². The minimum atomic E-state index is -0.539. The zero-order valence-electron chi connectivity index (χ0n) is 11.3. The van der Waals surface area contributed by atoms with E-state index < -0.39 is 11.6 Å². The molecule has 20 heavy (non-hydrogen) atoms. The first-order valence-corrected chi connectivity index (χ1v) is 6.62. The molecule has 1 aliphatic rings. The van der Waals surface area contributed by atoms with Crippen LogP contribution in [0.4, 0.5) is 20.2 Å². The number of benzene rings is 2. The lowest BCUT2D eigenvalue weighted by Crippen LogP contribution is -2.20. The third-order valence-corrected chi connectivity index (χ3v) is 3.75. The van der Waals surface area contributed by atoms with Gasteiger partial charge >= 0.3 is 0 Å². The molecule has 0 unspecified atom stereocenters. The van der Waals surface area contributed by atoms with Gasteiger partial charge in [0.2, 0.25) is 0 Å². The van der Waals surface area contributed by atoms with Gasteiger partial charge in [0.1, 0.15) is 11.6 Å². The molecule has 0 saturated carbocycles. The Morgan fingerprint density at radius 1 is 1.10 bits per heavy atom. The number of nitrogen functional groups attached to an aromatic ring is 1. The molecule has 2 aromatic rings. The topological polar surface area (TPSA) is 29.3 Å². The zero-order valence-corrected chi connectivity index (χ0v) is 11.3. The van der Waals surface area contributed by atoms with E-state index in [-0.39, 0.29) is 0 Å². The quantitative estimate of drug-likeness (QED) is 0.850. The normalized spacial score (nSPS) is 13.7. The number of hydrogen-bond donors (Lipinski definition) is 1. The van der Waals surface area contributed by atoms with Crippen LogP contribution in [-0.2, 0) is 13.0 Å². The molecule has 2 aromatic carbocycles. The van der Waals surface area contributed by atoms with Gasteiger partial charge in [-0.3, -0.25) is 0 Å². The summed E-state index contributed by atoms with van der Waals surface area (Å²) in [5, 5.41) is 0. The molecule has 1 aliphatic heterocycles. The van der Waals surface area contributed by atoms with Gasteiger partial charge in [-0.2, -0.15) is 0 Å². The summed E-state index contributed by atoms with van der Waals surface area (Å²) in [5.41, 5.74) is 10.7. The summed E-state index contributed by atoms with van der Waals surface area (Å²) >= 11 is 0. The first kappa shape index (κ1) is 12.9. The maximum absolute atomic E-state index is 13.2. The standard InChI is InChI=1S/C16H16F2N2/c1-10-4-12-2-3-20(16(12)8-15(10)19)9-11-5-13(17)7-14(18)6-11/h4-8H,2-3,9,19H2,1H3. The fourth-order valence-corrected chi connectivity index (χ4v) is 2.73. The van der Waals surface area contributed by atoms with Crippen LogP contribution in [0.25, 0.3) is 0 Å². The molecule has 0 radical (unpaired) electrons. The monoisotopic (exact) mass is 274 g/mol. The highest BCUT2D eigenvalue weighted by molar-refractivity contribution is 5.67. The van der Waals surface area contributed by atoms with Crippen molar-refractivity contribution >= 4 is 11.4 Å². The third kappa shape index (κ3) is 2.33. The van der Waals surface area contributed by atoms with Gasteiger partial charge in [-0.25, -0.2) is 8.78 Å². The maximum Gasteiger partial charge on any atom is 0.126 e. The number of hydrogen-bond acceptors (Lipinski definition) is 2. The van der Waals surface area contributed by atoms with Crippen LogP contribution < -0.4 is 10.6 Å². The second-order valence-corrected chi connectivity index (χ2v) is 5.29. The highest BCUT2D eigenvalue weighted by Gasteiger charge is 2.20. The summed E-state index contributed by atoms with van der Waals surface area (Å²) < 4.78 is 26.5. The molecule has 0 atom stereocenters. The molecule has 0 fully saturated rings. The van der Waals surface area contributed by atoms with Crippen molar-refractivity contribution in [2.45, 2.75) is 19.9 Å². The van der Waals surface area contributed by atoms with Crippen LogP contribution in [0.5, 0.6) is 0 Å². The lowest BCUT2D eigenvalue weighted by atomic mass is 10.1. The van der Waals surface area contributed by atoms with Crippen molar-refractivity contribution in [1.82, 2.24) is 0 Å². The molecule has 0 spiro atoms. The van der Waals surface area contributed by atoms with Gasteiger partial charge in [0, 0.05) is 30.5 Å². The number of nitrogens with two attached hydrogens (primary N) is 1. The molecule has 1 heterocycles. The number of aryl methyl sites for hydroxylation is 1. The largest absolute Gasteiger partial charge is 0.398 e. The SMILES string of the molecule is Cc1cc2c(cc1N)N(Cc1cc(F)cc(F)c1)CC2. The van der Waals surface area contributed by atoms with E-state index >= 15 is 0 Å². The number of rotatable bonds is 2. The van der Waals surface area contributed by atoms with E-state index in [4.69, 9.17) is 5.73 Å². The molecule has 0 aromatic heterocycles. The van der Waals surface area contributed by atoms with E-state index in [1.165, 1.54) is 17.7 Å². The van der Waals surface area contributed by atoms with Gasteiger partial charge in [-0.05, 0) is 48.2 Å². The smallest absolute Gasteiger partial charge is 0.126 e. The van der Waals surface area contributed by atoms with Crippen molar-refractivity contribution in [2.75, 3.05) is 17.2 Å². The van der Waals surface area contributed by atoms with Crippen LogP contribution in [0.2, 0.25) is 0 Å². The van der Waals surface area contributed by atoms with Crippen LogP contribution in [0.15, 0.2) is 30.3 Å². The Balaban J connectivity index is 1.90. The highest BCUT2D eigenvalue weighted by atomic mass is 19.1. The molecule has 0 aliphatic carbocycles. The summed E-state index contributed by atoms with van der Waals surface area (Å²) in [4.78, 5) is 2.11. The molecule has 4 heteroatoms. The average Bonchev–Trinajstić information content (AvgIpc) is 2.71. The van der Waals surface area contributed by atoms with Crippen LogP contribution in [0.1, 0.15) is 16.7 Å². The second-order valence-electron chi connectivity index (χ2n) is 5.29. The minimum absolute atomic E-state index is 0.490. The number of halogens is 2. The van der Waals surface area contributed by atoms with Gasteiger partial charge in [0.05, 0.1) is 0 Å². The fraction of sp³-hybridized carbons (Fsp3) is 0.250. The van der Waals surface area contributed by atoms with Crippen molar-refractivity contribution in [1.29, 1.82) is 0 Å². The molecular weight excluding hydrogens is 258 g/mol. The molecule has 104 valence electrons. The van der Waals surface area contributed by atoms with Crippen LogP contribution in [0.3, 0.4) is 0 Å². The lowest BCUT2D eigenvalue weighted by molar-refractivity contribution is 0.579. The van der Waals surface area contributed by atoms with E-state index in [1.807, 2.05) is 13.0 Å². The van der Waals surface area contributed by atoms with E-state index in [0.717, 1.165) is 36.0 Å². The Morgan fingerprint density at radius 2 is 1.80 bits per heavy atom. The third-order valence-electron chi connectivity index (χ3n) is 3.75. The van der Waals surface area contributed by atoms with Crippen molar-refractivity contribution in [2.24, 2.45) is 0 Å². The second kappa shape index (κ2) is 4.78. The zero-order chi connectivity index (χ0) is 14.3. The van der Waals surface area contributed by atoms with Gasteiger partial charge < -0.3 is 10.6 Å². The van der Waals surface area contributed by atoms with E-state index in [1.54, 1.807) is 0 Å². The van der Waals surface area contributed by atoms with Crippen LogP contribution >= 0.6 is 0 Å². The summed E-state index contributed by atoms with van der Waals surface area (Å²) in [6.45, 7) is 3.32. The van der Waals surface area contributed by atoms with Crippen molar-refractivity contribution in [3.63, 3.8) is 0 Å². The summed E-state index contributed by atoms with van der Waals surface area (Å²) in [6, 6.07) is 7.68. The first-order valence-electron chi connectivity index (χ1n) is 6.62. The summed E-state index contributed by atoms with van der Waals surface area (Å²) in [7, 11) is 0. The molecule has 2 N–H and O–H groups in total. The Kier molecular flexibility index (Phi) is 3.08. The average molecular weight is 274 g/mol. The van der Waals surface area contributed by atoms with Gasteiger partial charge in [0.25, 0.3) is 0 Å². The first-order chi connectivity index (χ1) is 9.52. The number of nitrogens with zero attached hydrogens (tertiary/aromatic N) is 1. The van der Waals surface area contributed by atoms with Crippen molar-refractivity contribution < 1.29 is 8.78 Å². The molecule has 0 amide bonds. The number of fused-ring (bicyclic) bond motifs is 1. The highest BCUT2D eigenvalue weighted by Crippen LogP contribution is 2.33. The molecule has 3 rings (SSSR count). The van der Waals surface area contributed by atoms with Crippen LogP contribution in [0, 0.1) is 18.6 Å². The van der Waals surface area contributed by atoms with Crippen molar-refractivity contribution in [3.8, 4) is 0 Å². The Hall–Kier alpha value is -2.10. The molecular formula is C16H16F2N2. The maximum atomic E-state index is 13.2. The van der Waals surface area contributed by atoms with Crippen molar-refractivity contribution in [3.05, 3.63) is 58.7 Å². The van der Waals surface area contributed by atoms with E-state index in [0.29, 0.717) is 12.1 Å². The molecule has 0 saturated heterocycles. The molecule has 2 nitrogen and oxygen atoms in total. The Morgan fingerprint density at radius 3 is 2.50 bits per heavy atom. The van der Waals surface area contributed by atoms with Gasteiger partial charge in [-0.15, -0.1) is 0 Å². The van der Waals surface area contributed by atoms with E-state index in [2.05, 4.69) is 11.0 Å². The van der Waals surface area contributed by atoms with E-state index in [9.17, 15) is 8.78 Å². The fourth-order valence-electron chi connectivity index (χ4n) is 2.73. The Labute approximate surface area is 116 Å². The predicted molar refractivity (Wildman–Crippen MR) is 76.7 cm³/mol. The van der Waals surface area contributed by atoms with Gasteiger partial charge in [0.15, 0.2) is 0 Å². The molecule has 0 bridgehead atoms. The predicted octanol–water partition coefficient (Wildman–Crippen LogP) is 3.42. The Bertz CT molecular complexity index is 648. The summed E-state index contributed by atoms with van der Waals surface area (Å²) in [6.07, 6.45) is 0.939. The number of anilines is 2. The lowest BCUT2D eigenvalue weighted by Gasteiger charge is -2.20. The minimum Gasteiger partial charge on any atom is -0.398 e. The summed E-state index contributed by atoms with van der Waals surface area (Å²) in [5.74, 6) is -1.08. The van der Waals surface area contributed by atoms with Gasteiger partial charge in [-0.1, -0.05) is 6.07 Å².